The lowest BCUT2D eigenvalue weighted by molar-refractivity contribution is -0.135. The maximum absolute atomic E-state index is 12.2. The summed E-state index contributed by atoms with van der Waals surface area (Å²) in [5, 5.41) is 2.77. The molecule has 6 heteroatoms. The molecule has 0 radical (unpaired) electrons. The van der Waals surface area contributed by atoms with Crippen molar-refractivity contribution in [2.75, 3.05) is 32.7 Å². The number of carbonyl (C=O) groups excluding carboxylic acids is 2. The van der Waals surface area contributed by atoms with Crippen LogP contribution in [0.25, 0.3) is 0 Å². The molecule has 0 aliphatic carbocycles. The lowest BCUT2D eigenvalue weighted by atomic mass is 9.98. The zero-order valence-electron chi connectivity index (χ0n) is 12.2. The monoisotopic (exact) mass is 270 g/mol. The van der Waals surface area contributed by atoms with Gasteiger partial charge in [-0.2, -0.15) is 0 Å². The van der Waals surface area contributed by atoms with Gasteiger partial charge in [0.25, 0.3) is 0 Å². The summed E-state index contributed by atoms with van der Waals surface area (Å²) in [6.45, 7) is 8.83. The molecule has 1 saturated heterocycles. The topological polar surface area (TPSA) is 78.7 Å². The summed E-state index contributed by atoms with van der Waals surface area (Å²) in [4.78, 5) is 27.3. The van der Waals surface area contributed by atoms with Gasteiger partial charge in [0.15, 0.2) is 0 Å². The second-order valence-corrected chi connectivity index (χ2v) is 5.06. The molecule has 0 saturated carbocycles. The van der Waals surface area contributed by atoms with Crippen LogP contribution in [0.4, 0.5) is 4.79 Å². The first-order chi connectivity index (χ1) is 9.01. The van der Waals surface area contributed by atoms with Gasteiger partial charge in [0.05, 0.1) is 6.04 Å². The van der Waals surface area contributed by atoms with Gasteiger partial charge in [0.1, 0.15) is 0 Å². The number of rotatable bonds is 4. The minimum Gasteiger partial charge on any atom is -0.338 e. The van der Waals surface area contributed by atoms with Gasteiger partial charge in [0.2, 0.25) is 5.91 Å². The van der Waals surface area contributed by atoms with Crippen molar-refractivity contribution in [2.24, 2.45) is 11.7 Å². The molecule has 0 aromatic heterocycles. The van der Waals surface area contributed by atoms with Crippen LogP contribution in [-0.4, -0.2) is 60.5 Å². The molecule has 3 N–H and O–H groups in total. The minimum atomic E-state index is -0.430. The predicted octanol–water partition coefficient (Wildman–Crippen LogP) is 0.234. The van der Waals surface area contributed by atoms with Crippen LogP contribution in [0.15, 0.2) is 0 Å². The van der Waals surface area contributed by atoms with E-state index in [-0.39, 0.29) is 17.9 Å². The molecule has 1 aliphatic rings. The van der Waals surface area contributed by atoms with Gasteiger partial charge in [-0.3, -0.25) is 4.79 Å². The van der Waals surface area contributed by atoms with Crippen molar-refractivity contribution in [2.45, 2.75) is 33.2 Å². The van der Waals surface area contributed by atoms with Crippen molar-refractivity contribution in [3.05, 3.63) is 0 Å². The van der Waals surface area contributed by atoms with E-state index in [1.165, 1.54) is 0 Å². The van der Waals surface area contributed by atoms with Crippen LogP contribution < -0.4 is 11.1 Å². The van der Waals surface area contributed by atoms with Crippen molar-refractivity contribution in [1.29, 1.82) is 0 Å². The van der Waals surface area contributed by atoms with Gasteiger partial charge in [-0.05, 0) is 12.8 Å². The van der Waals surface area contributed by atoms with Crippen molar-refractivity contribution in [3.63, 3.8) is 0 Å². The molecule has 3 amide bonds. The van der Waals surface area contributed by atoms with Crippen LogP contribution in [-0.2, 0) is 4.79 Å². The van der Waals surface area contributed by atoms with Crippen molar-refractivity contribution < 1.29 is 9.59 Å². The third-order valence-electron chi connectivity index (χ3n) is 3.75. The van der Waals surface area contributed by atoms with Crippen molar-refractivity contribution in [1.82, 2.24) is 15.1 Å². The van der Waals surface area contributed by atoms with Crippen molar-refractivity contribution in [3.8, 4) is 0 Å². The molecule has 1 fully saturated rings. The Balaban J connectivity index is 2.45. The van der Waals surface area contributed by atoms with E-state index in [0.29, 0.717) is 32.7 Å². The van der Waals surface area contributed by atoms with Crippen LogP contribution in [0.3, 0.4) is 0 Å². The molecule has 0 aromatic carbocycles. The molecule has 1 heterocycles. The highest BCUT2D eigenvalue weighted by Crippen LogP contribution is 2.10. The van der Waals surface area contributed by atoms with Gasteiger partial charge in [-0.1, -0.05) is 20.3 Å². The van der Waals surface area contributed by atoms with Crippen LogP contribution >= 0.6 is 0 Å². The predicted molar refractivity (Wildman–Crippen MR) is 74.7 cm³/mol. The van der Waals surface area contributed by atoms with Gasteiger partial charge >= 0.3 is 6.03 Å². The second-order valence-electron chi connectivity index (χ2n) is 5.06. The van der Waals surface area contributed by atoms with Crippen LogP contribution in [0.5, 0.6) is 0 Å². The first-order valence-corrected chi connectivity index (χ1v) is 7.08. The zero-order chi connectivity index (χ0) is 14.4. The molecule has 1 rings (SSSR count). The molecule has 0 bridgehead atoms. The number of hydrogen-bond acceptors (Lipinski definition) is 3. The highest BCUT2D eigenvalue weighted by molar-refractivity contribution is 5.82. The fourth-order valence-electron chi connectivity index (χ4n) is 2.10. The van der Waals surface area contributed by atoms with Crippen LogP contribution in [0.2, 0.25) is 0 Å². The Kier molecular flexibility index (Phi) is 6.08. The average molecular weight is 270 g/mol. The molecule has 2 atom stereocenters. The number of nitrogens with one attached hydrogen (secondary N) is 1. The van der Waals surface area contributed by atoms with E-state index in [4.69, 9.17) is 5.73 Å². The number of urea groups is 1. The van der Waals surface area contributed by atoms with E-state index in [1.807, 2.05) is 20.8 Å². The quantitative estimate of drug-likeness (QED) is 0.768. The van der Waals surface area contributed by atoms with Gasteiger partial charge in [0, 0.05) is 32.7 Å². The standard InChI is InChI=1S/C13H26N4O2/c1-4-10(3)11(14)12(18)16-6-8-17(9-7-16)13(19)15-5-2/h10-11H,4-9,14H2,1-3H3,(H,15,19)/t10-,11-/m0/s1. The summed E-state index contributed by atoms with van der Waals surface area (Å²) in [6.07, 6.45) is 0.895. The summed E-state index contributed by atoms with van der Waals surface area (Å²) in [5.74, 6) is 0.193. The van der Waals surface area contributed by atoms with E-state index >= 15 is 0 Å². The normalized spacial score (nSPS) is 18.9. The Bertz CT molecular complexity index is 314. The van der Waals surface area contributed by atoms with Gasteiger partial charge in [-0.15, -0.1) is 0 Å². The number of nitrogens with two attached hydrogens (primary N) is 1. The van der Waals surface area contributed by atoms with Gasteiger partial charge < -0.3 is 20.9 Å². The minimum absolute atomic E-state index is 0.00454. The van der Waals surface area contributed by atoms with E-state index in [9.17, 15) is 9.59 Å². The Morgan fingerprint density at radius 2 is 1.68 bits per heavy atom. The van der Waals surface area contributed by atoms with E-state index in [1.54, 1.807) is 9.80 Å². The Morgan fingerprint density at radius 3 is 2.16 bits per heavy atom. The van der Waals surface area contributed by atoms with E-state index in [0.717, 1.165) is 6.42 Å². The maximum atomic E-state index is 12.2. The summed E-state index contributed by atoms with van der Waals surface area (Å²) < 4.78 is 0. The third kappa shape index (κ3) is 4.09. The molecule has 19 heavy (non-hydrogen) atoms. The lowest BCUT2D eigenvalue weighted by Gasteiger charge is -2.36. The summed E-state index contributed by atoms with van der Waals surface area (Å²) in [6, 6.07) is -0.484. The average Bonchev–Trinajstić information content (AvgIpc) is 2.45. The summed E-state index contributed by atoms with van der Waals surface area (Å²) in [7, 11) is 0. The molecule has 0 spiro atoms. The van der Waals surface area contributed by atoms with Crippen molar-refractivity contribution >= 4 is 11.9 Å². The first-order valence-electron chi connectivity index (χ1n) is 7.08. The molecule has 1 aliphatic heterocycles. The number of carbonyl (C=O) groups is 2. The summed E-state index contributed by atoms with van der Waals surface area (Å²) in [5.41, 5.74) is 5.96. The fraction of sp³-hybridized carbons (Fsp3) is 0.846. The largest absolute Gasteiger partial charge is 0.338 e. The maximum Gasteiger partial charge on any atom is 0.317 e. The molecular weight excluding hydrogens is 244 g/mol. The Hall–Kier alpha value is -1.30. The smallest absolute Gasteiger partial charge is 0.317 e. The second kappa shape index (κ2) is 7.33. The van der Waals surface area contributed by atoms with E-state index < -0.39 is 6.04 Å². The number of amides is 3. The Labute approximate surface area is 115 Å². The SMILES string of the molecule is CCNC(=O)N1CCN(C(=O)[C@@H](N)[C@@H](C)CC)CC1. The highest BCUT2D eigenvalue weighted by Gasteiger charge is 2.28. The third-order valence-corrected chi connectivity index (χ3v) is 3.75. The summed E-state index contributed by atoms with van der Waals surface area (Å²) >= 11 is 0. The van der Waals surface area contributed by atoms with E-state index in [2.05, 4.69) is 5.32 Å². The molecule has 0 unspecified atom stereocenters. The molecule has 110 valence electrons. The number of nitrogens with zero attached hydrogens (tertiary/aromatic N) is 2. The molecule has 6 nitrogen and oxygen atoms in total. The fourth-order valence-corrected chi connectivity index (χ4v) is 2.10. The Morgan fingerprint density at radius 1 is 1.16 bits per heavy atom. The zero-order valence-corrected chi connectivity index (χ0v) is 12.2. The highest BCUT2D eigenvalue weighted by atomic mass is 16.2. The number of hydrogen-bond donors (Lipinski definition) is 2. The number of piperazine rings is 1. The van der Waals surface area contributed by atoms with Crippen LogP contribution in [0, 0.1) is 5.92 Å². The van der Waals surface area contributed by atoms with Gasteiger partial charge in [-0.25, -0.2) is 4.79 Å². The lowest BCUT2D eigenvalue weighted by Crippen LogP contribution is -2.56. The molecule has 0 aromatic rings. The van der Waals surface area contributed by atoms with Crippen LogP contribution in [0.1, 0.15) is 27.2 Å². The molecular formula is C13H26N4O2. The first kappa shape index (κ1) is 15.8.